The van der Waals surface area contributed by atoms with Crippen LogP contribution in [-0.2, 0) is 10.2 Å². The smallest absolute Gasteiger partial charge is 0.251 e. The molecular formula is C19H21ClN2O2. The molecule has 0 saturated heterocycles. The fraction of sp³-hybridized carbons (Fsp3) is 0.263. The highest BCUT2D eigenvalue weighted by atomic mass is 35.5. The Morgan fingerprint density at radius 1 is 0.958 bits per heavy atom. The van der Waals surface area contributed by atoms with E-state index in [0.29, 0.717) is 16.3 Å². The third kappa shape index (κ3) is 5.10. The summed E-state index contributed by atoms with van der Waals surface area (Å²) in [7, 11) is 0. The Hall–Kier alpha value is -2.33. The number of amides is 2. The van der Waals surface area contributed by atoms with Crippen molar-refractivity contribution < 1.29 is 9.59 Å². The molecule has 2 amide bonds. The summed E-state index contributed by atoms with van der Waals surface area (Å²) in [5.74, 6) is -0.592. The number of benzene rings is 2. The monoisotopic (exact) mass is 344 g/mol. The fourth-order valence-corrected chi connectivity index (χ4v) is 2.25. The number of halogens is 1. The van der Waals surface area contributed by atoms with Crippen LogP contribution in [0.3, 0.4) is 0 Å². The first-order chi connectivity index (χ1) is 11.3. The summed E-state index contributed by atoms with van der Waals surface area (Å²) in [6, 6.07) is 14.2. The molecule has 2 aromatic rings. The summed E-state index contributed by atoms with van der Waals surface area (Å²) in [5, 5.41) is 5.90. The molecule has 0 aliphatic heterocycles. The number of rotatable bonds is 4. The number of hydrogen-bond acceptors (Lipinski definition) is 2. The second-order valence-corrected chi connectivity index (χ2v) is 7.00. The van der Waals surface area contributed by atoms with Gasteiger partial charge in [0, 0.05) is 16.3 Å². The van der Waals surface area contributed by atoms with Crippen LogP contribution in [0.2, 0.25) is 5.02 Å². The van der Waals surface area contributed by atoms with Crippen molar-refractivity contribution in [2.75, 3.05) is 11.9 Å². The van der Waals surface area contributed by atoms with Gasteiger partial charge in [0.1, 0.15) is 0 Å². The summed E-state index contributed by atoms with van der Waals surface area (Å²) < 4.78 is 0. The molecule has 0 radical (unpaired) electrons. The third-order valence-corrected chi connectivity index (χ3v) is 3.80. The Bertz CT molecular complexity index is 717. The summed E-state index contributed by atoms with van der Waals surface area (Å²) in [6.45, 7) is 6.30. The van der Waals surface area contributed by atoms with Crippen molar-refractivity contribution in [1.29, 1.82) is 0 Å². The summed E-state index contributed by atoms with van der Waals surface area (Å²) in [4.78, 5) is 23.9. The lowest BCUT2D eigenvalue weighted by Gasteiger charge is -2.19. The van der Waals surface area contributed by atoms with Crippen molar-refractivity contribution in [3.8, 4) is 0 Å². The van der Waals surface area contributed by atoms with Gasteiger partial charge in [-0.25, -0.2) is 0 Å². The minimum absolute atomic E-state index is 0.0646. The van der Waals surface area contributed by atoms with Crippen LogP contribution in [0.5, 0.6) is 0 Å². The molecule has 0 saturated carbocycles. The maximum Gasteiger partial charge on any atom is 0.251 e. The largest absolute Gasteiger partial charge is 0.343 e. The maximum atomic E-state index is 11.9. The molecule has 126 valence electrons. The summed E-state index contributed by atoms with van der Waals surface area (Å²) in [6.07, 6.45) is 0. The van der Waals surface area contributed by atoms with E-state index in [0.717, 1.165) is 0 Å². The second kappa shape index (κ2) is 7.49. The molecule has 0 spiro atoms. The molecule has 24 heavy (non-hydrogen) atoms. The molecule has 5 heteroatoms. The van der Waals surface area contributed by atoms with Gasteiger partial charge in [-0.05, 0) is 47.4 Å². The first-order valence-corrected chi connectivity index (χ1v) is 8.08. The van der Waals surface area contributed by atoms with Crippen LogP contribution in [0.25, 0.3) is 0 Å². The zero-order valence-electron chi connectivity index (χ0n) is 14.0. The van der Waals surface area contributed by atoms with Gasteiger partial charge in [0.05, 0.1) is 6.54 Å². The first kappa shape index (κ1) is 18.0. The highest BCUT2D eigenvalue weighted by molar-refractivity contribution is 6.30. The molecular weight excluding hydrogens is 324 g/mol. The van der Waals surface area contributed by atoms with E-state index in [1.165, 1.54) is 5.56 Å². The number of carbonyl (C=O) groups excluding carboxylic acids is 2. The van der Waals surface area contributed by atoms with Gasteiger partial charge in [-0.15, -0.1) is 0 Å². The standard InChI is InChI=1S/C19H21ClN2O2/c1-19(2,3)14-6-10-16(11-7-14)22-17(23)12-21-18(24)13-4-8-15(20)9-5-13/h4-11H,12H2,1-3H3,(H,21,24)(H,22,23). The average molecular weight is 345 g/mol. The molecule has 0 aromatic heterocycles. The van der Waals surface area contributed by atoms with Crippen molar-refractivity contribution >= 4 is 29.1 Å². The number of nitrogens with one attached hydrogen (secondary N) is 2. The number of anilines is 1. The highest BCUT2D eigenvalue weighted by Crippen LogP contribution is 2.23. The molecule has 0 fully saturated rings. The van der Waals surface area contributed by atoms with Gasteiger partial charge >= 0.3 is 0 Å². The topological polar surface area (TPSA) is 58.2 Å². The second-order valence-electron chi connectivity index (χ2n) is 6.57. The van der Waals surface area contributed by atoms with Gasteiger partial charge < -0.3 is 10.6 Å². The fourth-order valence-electron chi connectivity index (χ4n) is 2.12. The molecule has 0 aliphatic rings. The minimum Gasteiger partial charge on any atom is -0.343 e. The zero-order valence-corrected chi connectivity index (χ0v) is 14.8. The summed E-state index contributed by atoms with van der Waals surface area (Å²) in [5.41, 5.74) is 2.42. The lowest BCUT2D eigenvalue weighted by Crippen LogP contribution is -2.32. The van der Waals surface area contributed by atoms with Gasteiger partial charge in [0.15, 0.2) is 0 Å². The normalized spacial score (nSPS) is 11.0. The molecule has 0 aliphatic carbocycles. The van der Waals surface area contributed by atoms with Gasteiger partial charge in [0.2, 0.25) is 5.91 Å². The van der Waals surface area contributed by atoms with Gasteiger partial charge in [-0.2, -0.15) is 0 Å². The van der Waals surface area contributed by atoms with Crippen LogP contribution in [0.1, 0.15) is 36.7 Å². The van der Waals surface area contributed by atoms with E-state index < -0.39 is 0 Å². The van der Waals surface area contributed by atoms with Gasteiger partial charge in [0.25, 0.3) is 5.91 Å². The Labute approximate surface area is 147 Å². The molecule has 2 rings (SSSR count). The van der Waals surface area contributed by atoms with Gasteiger partial charge in [-0.1, -0.05) is 44.5 Å². The van der Waals surface area contributed by atoms with Gasteiger partial charge in [-0.3, -0.25) is 9.59 Å². The van der Waals surface area contributed by atoms with E-state index in [-0.39, 0.29) is 23.8 Å². The van der Waals surface area contributed by atoms with Crippen molar-refractivity contribution in [1.82, 2.24) is 5.32 Å². The SMILES string of the molecule is CC(C)(C)c1ccc(NC(=O)CNC(=O)c2ccc(Cl)cc2)cc1. The molecule has 0 bridgehead atoms. The Morgan fingerprint density at radius 3 is 2.08 bits per heavy atom. The van der Waals surface area contributed by atoms with E-state index in [9.17, 15) is 9.59 Å². The Kier molecular flexibility index (Phi) is 5.62. The van der Waals surface area contributed by atoms with Crippen LogP contribution in [0.15, 0.2) is 48.5 Å². The van der Waals surface area contributed by atoms with Crippen LogP contribution in [0, 0.1) is 0 Å². The van der Waals surface area contributed by atoms with Crippen molar-refractivity contribution in [2.45, 2.75) is 26.2 Å². The molecule has 0 unspecified atom stereocenters. The lowest BCUT2D eigenvalue weighted by molar-refractivity contribution is -0.115. The van der Waals surface area contributed by atoms with Crippen LogP contribution in [-0.4, -0.2) is 18.4 Å². The van der Waals surface area contributed by atoms with Crippen molar-refractivity contribution in [3.63, 3.8) is 0 Å². The number of carbonyl (C=O) groups is 2. The average Bonchev–Trinajstić information content (AvgIpc) is 2.53. The van der Waals surface area contributed by atoms with Crippen molar-refractivity contribution in [2.24, 2.45) is 0 Å². The quantitative estimate of drug-likeness (QED) is 0.880. The van der Waals surface area contributed by atoms with E-state index in [4.69, 9.17) is 11.6 Å². The first-order valence-electron chi connectivity index (χ1n) is 7.70. The predicted molar refractivity (Wildman–Crippen MR) is 97.6 cm³/mol. The van der Waals surface area contributed by atoms with Crippen LogP contribution >= 0.6 is 11.6 Å². The Morgan fingerprint density at radius 2 is 1.54 bits per heavy atom. The zero-order chi connectivity index (χ0) is 17.7. The predicted octanol–water partition coefficient (Wildman–Crippen LogP) is 4.01. The van der Waals surface area contributed by atoms with Crippen LogP contribution in [0.4, 0.5) is 5.69 Å². The molecule has 2 aromatic carbocycles. The molecule has 0 heterocycles. The van der Waals surface area contributed by atoms with E-state index in [1.807, 2.05) is 24.3 Å². The lowest BCUT2D eigenvalue weighted by atomic mass is 9.87. The molecule has 4 nitrogen and oxygen atoms in total. The highest BCUT2D eigenvalue weighted by Gasteiger charge is 2.13. The summed E-state index contributed by atoms with van der Waals surface area (Å²) >= 11 is 5.78. The maximum absolute atomic E-state index is 11.9. The third-order valence-electron chi connectivity index (χ3n) is 3.55. The van der Waals surface area contributed by atoms with E-state index >= 15 is 0 Å². The van der Waals surface area contributed by atoms with E-state index in [2.05, 4.69) is 31.4 Å². The number of hydrogen-bond donors (Lipinski definition) is 2. The minimum atomic E-state index is -0.315. The van der Waals surface area contributed by atoms with E-state index in [1.54, 1.807) is 24.3 Å². The van der Waals surface area contributed by atoms with Crippen molar-refractivity contribution in [3.05, 3.63) is 64.7 Å². The van der Waals surface area contributed by atoms with Crippen LogP contribution < -0.4 is 10.6 Å². The Balaban J connectivity index is 1.87. The molecule has 0 atom stereocenters. The molecule has 2 N–H and O–H groups in total.